The van der Waals surface area contributed by atoms with Gasteiger partial charge in [-0.2, -0.15) is 0 Å². The molecule has 0 spiro atoms. The Balaban J connectivity index is 1.65. The molecule has 6 atom stereocenters. The summed E-state index contributed by atoms with van der Waals surface area (Å²) < 4.78 is 0. The first-order valence-electron chi connectivity index (χ1n) is 9.65. The van der Waals surface area contributed by atoms with E-state index in [0.29, 0.717) is 12.1 Å². The molecule has 4 N–H and O–H groups in total. The Bertz CT molecular complexity index is 263. The summed E-state index contributed by atoms with van der Waals surface area (Å²) in [6, 6.07) is 0.966. The second kappa shape index (κ2) is 8.53. The van der Waals surface area contributed by atoms with E-state index in [4.69, 9.17) is 11.5 Å². The van der Waals surface area contributed by atoms with Crippen molar-refractivity contribution in [1.29, 1.82) is 0 Å². The highest BCUT2D eigenvalue weighted by molar-refractivity contribution is 4.84. The fraction of sp³-hybridized carbons (Fsp3) is 1.00. The molecule has 0 bridgehead atoms. The van der Waals surface area contributed by atoms with Crippen molar-refractivity contribution in [2.45, 2.75) is 96.6 Å². The minimum absolute atomic E-state index is 0.483. The van der Waals surface area contributed by atoms with Crippen LogP contribution in [0.2, 0.25) is 0 Å². The van der Waals surface area contributed by atoms with Crippen molar-refractivity contribution in [1.82, 2.24) is 0 Å². The van der Waals surface area contributed by atoms with Crippen LogP contribution in [0, 0.1) is 23.7 Å². The summed E-state index contributed by atoms with van der Waals surface area (Å²) in [7, 11) is 0. The zero-order valence-electron chi connectivity index (χ0n) is 14.4. The molecule has 0 aromatic heterocycles. The molecule has 6 unspecified atom stereocenters. The summed E-state index contributed by atoms with van der Waals surface area (Å²) in [6.45, 7) is 4.62. The van der Waals surface area contributed by atoms with Gasteiger partial charge in [0.2, 0.25) is 0 Å². The predicted octanol–water partition coefficient (Wildman–Crippen LogP) is 4.46. The van der Waals surface area contributed by atoms with Gasteiger partial charge in [-0.1, -0.05) is 46.0 Å². The van der Waals surface area contributed by atoms with E-state index in [-0.39, 0.29) is 0 Å². The van der Waals surface area contributed by atoms with Crippen molar-refractivity contribution < 1.29 is 0 Å². The Morgan fingerprint density at radius 2 is 1.14 bits per heavy atom. The van der Waals surface area contributed by atoms with Crippen LogP contribution in [-0.4, -0.2) is 12.1 Å². The molecule has 0 aromatic carbocycles. The highest BCUT2D eigenvalue weighted by Crippen LogP contribution is 2.36. The van der Waals surface area contributed by atoms with E-state index in [1.807, 2.05) is 0 Å². The molecule has 2 nitrogen and oxygen atoms in total. The summed E-state index contributed by atoms with van der Waals surface area (Å²) in [6.07, 6.45) is 15.0. The Kier molecular flexibility index (Phi) is 7.01. The quantitative estimate of drug-likeness (QED) is 0.759. The molecule has 21 heavy (non-hydrogen) atoms. The van der Waals surface area contributed by atoms with Gasteiger partial charge in [0.05, 0.1) is 0 Å². The number of hydrogen-bond donors (Lipinski definition) is 2. The van der Waals surface area contributed by atoms with Crippen LogP contribution >= 0.6 is 0 Å². The molecule has 124 valence electrons. The lowest BCUT2D eigenvalue weighted by atomic mass is 9.73. The minimum atomic E-state index is 0.483. The maximum absolute atomic E-state index is 6.23. The van der Waals surface area contributed by atoms with Gasteiger partial charge in [0.25, 0.3) is 0 Å². The predicted molar refractivity (Wildman–Crippen MR) is 92.0 cm³/mol. The lowest BCUT2D eigenvalue weighted by Gasteiger charge is -2.35. The molecule has 0 heterocycles. The van der Waals surface area contributed by atoms with Gasteiger partial charge in [0.1, 0.15) is 0 Å². The summed E-state index contributed by atoms with van der Waals surface area (Å²) in [5.41, 5.74) is 12.5. The van der Waals surface area contributed by atoms with Crippen LogP contribution in [0.25, 0.3) is 0 Å². The average Bonchev–Trinajstić information content (AvgIpc) is 2.50. The minimum Gasteiger partial charge on any atom is -0.327 e. The summed E-state index contributed by atoms with van der Waals surface area (Å²) in [4.78, 5) is 0. The third-order valence-corrected chi connectivity index (χ3v) is 6.57. The maximum Gasteiger partial charge on any atom is 0.00672 e. The first-order chi connectivity index (χ1) is 10.1. The van der Waals surface area contributed by atoms with E-state index in [2.05, 4.69) is 13.8 Å². The Labute approximate surface area is 132 Å². The van der Waals surface area contributed by atoms with Crippen LogP contribution in [0.5, 0.6) is 0 Å². The van der Waals surface area contributed by atoms with E-state index in [1.54, 1.807) is 0 Å². The topological polar surface area (TPSA) is 52.0 Å². The third-order valence-electron chi connectivity index (χ3n) is 6.57. The molecule has 0 aliphatic heterocycles. The molecule has 0 aromatic rings. The molecule has 2 aliphatic carbocycles. The van der Waals surface area contributed by atoms with E-state index in [0.717, 1.165) is 23.7 Å². The van der Waals surface area contributed by atoms with E-state index in [1.165, 1.54) is 70.6 Å². The molecular formula is C19H38N2. The zero-order valence-corrected chi connectivity index (χ0v) is 14.4. The van der Waals surface area contributed by atoms with Crippen molar-refractivity contribution in [3.05, 3.63) is 0 Å². The van der Waals surface area contributed by atoms with Crippen LogP contribution in [0.3, 0.4) is 0 Å². The van der Waals surface area contributed by atoms with Gasteiger partial charge < -0.3 is 11.5 Å². The highest BCUT2D eigenvalue weighted by Gasteiger charge is 2.28. The first kappa shape index (κ1) is 17.3. The fourth-order valence-corrected chi connectivity index (χ4v) is 4.93. The Morgan fingerprint density at radius 1 is 0.714 bits per heavy atom. The first-order valence-corrected chi connectivity index (χ1v) is 9.65. The van der Waals surface area contributed by atoms with Gasteiger partial charge in [-0.05, 0) is 62.2 Å². The molecule has 0 saturated heterocycles. The van der Waals surface area contributed by atoms with Crippen LogP contribution in [-0.2, 0) is 0 Å². The molecule has 2 fully saturated rings. The van der Waals surface area contributed by atoms with Crippen molar-refractivity contribution >= 4 is 0 Å². The van der Waals surface area contributed by atoms with Crippen molar-refractivity contribution in [2.24, 2.45) is 35.1 Å². The fourth-order valence-electron chi connectivity index (χ4n) is 4.93. The molecule has 2 saturated carbocycles. The van der Waals surface area contributed by atoms with Crippen LogP contribution < -0.4 is 11.5 Å². The lowest BCUT2D eigenvalue weighted by Crippen LogP contribution is -2.36. The largest absolute Gasteiger partial charge is 0.327 e. The number of rotatable bonds is 6. The standard InChI is InChI=1S/C19H38N2/c1-3-16-12-14(8-10-18(16)20)6-5-7-15-9-11-19(21)17(4-2)13-15/h14-19H,3-13,20-21H2,1-2H3. The van der Waals surface area contributed by atoms with Crippen molar-refractivity contribution in [3.63, 3.8) is 0 Å². The molecule has 2 aliphatic rings. The SMILES string of the molecule is CCC1CC(CCCC2CCC(N)C(CC)C2)CCC1N. The average molecular weight is 295 g/mol. The monoisotopic (exact) mass is 294 g/mol. The second-order valence-electron chi connectivity index (χ2n) is 7.95. The summed E-state index contributed by atoms with van der Waals surface area (Å²) in [5, 5.41) is 0. The van der Waals surface area contributed by atoms with E-state index >= 15 is 0 Å². The van der Waals surface area contributed by atoms with Gasteiger partial charge >= 0.3 is 0 Å². The van der Waals surface area contributed by atoms with E-state index < -0.39 is 0 Å². The lowest BCUT2D eigenvalue weighted by molar-refractivity contribution is 0.193. The van der Waals surface area contributed by atoms with Gasteiger partial charge in [-0.3, -0.25) is 0 Å². The van der Waals surface area contributed by atoms with Crippen LogP contribution in [0.1, 0.15) is 84.5 Å². The Hall–Kier alpha value is -0.0800. The van der Waals surface area contributed by atoms with Crippen LogP contribution in [0.15, 0.2) is 0 Å². The van der Waals surface area contributed by atoms with Crippen LogP contribution in [0.4, 0.5) is 0 Å². The molecule has 2 rings (SSSR count). The smallest absolute Gasteiger partial charge is 0.00672 e. The molecule has 0 amide bonds. The maximum atomic E-state index is 6.23. The van der Waals surface area contributed by atoms with Crippen molar-refractivity contribution in [2.75, 3.05) is 0 Å². The normalized spacial score (nSPS) is 41.1. The van der Waals surface area contributed by atoms with Gasteiger partial charge in [0, 0.05) is 12.1 Å². The number of nitrogens with two attached hydrogens (primary N) is 2. The molecular weight excluding hydrogens is 256 g/mol. The van der Waals surface area contributed by atoms with Gasteiger partial charge in [-0.15, -0.1) is 0 Å². The molecule has 0 radical (unpaired) electrons. The summed E-state index contributed by atoms with van der Waals surface area (Å²) >= 11 is 0. The number of hydrogen-bond acceptors (Lipinski definition) is 2. The summed E-state index contributed by atoms with van der Waals surface area (Å²) in [5.74, 6) is 3.51. The van der Waals surface area contributed by atoms with E-state index in [9.17, 15) is 0 Å². The second-order valence-corrected chi connectivity index (χ2v) is 7.95. The van der Waals surface area contributed by atoms with Gasteiger partial charge in [-0.25, -0.2) is 0 Å². The Morgan fingerprint density at radius 3 is 1.52 bits per heavy atom. The van der Waals surface area contributed by atoms with Crippen molar-refractivity contribution in [3.8, 4) is 0 Å². The highest BCUT2D eigenvalue weighted by atomic mass is 14.7. The molecule has 2 heteroatoms. The zero-order chi connectivity index (χ0) is 15.2. The van der Waals surface area contributed by atoms with Gasteiger partial charge in [0.15, 0.2) is 0 Å². The third kappa shape index (κ3) is 4.96.